The lowest BCUT2D eigenvalue weighted by atomic mass is 9.84. The zero-order chi connectivity index (χ0) is 15.2. The van der Waals surface area contributed by atoms with Gasteiger partial charge in [0, 0.05) is 18.2 Å². The van der Waals surface area contributed by atoms with Gasteiger partial charge in [-0.2, -0.15) is 0 Å². The highest BCUT2D eigenvalue weighted by Gasteiger charge is 2.24. The van der Waals surface area contributed by atoms with Gasteiger partial charge in [0.2, 0.25) is 5.91 Å². The molecule has 0 bridgehead atoms. The normalized spacial score (nSPS) is 16.7. The van der Waals surface area contributed by atoms with Gasteiger partial charge in [-0.25, -0.2) is 8.78 Å². The Morgan fingerprint density at radius 1 is 1.27 bits per heavy atom. The van der Waals surface area contributed by atoms with Gasteiger partial charge in [-0.05, 0) is 24.8 Å². The average molecular weight is 333 g/mol. The van der Waals surface area contributed by atoms with E-state index in [9.17, 15) is 13.6 Å². The Hall–Kier alpha value is -1.20. The molecular formula is C16H23ClF2N2O. The molecule has 124 valence electrons. The number of rotatable bonds is 5. The van der Waals surface area contributed by atoms with Gasteiger partial charge in [-0.1, -0.05) is 31.4 Å². The van der Waals surface area contributed by atoms with Crippen molar-refractivity contribution in [2.75, 3.05) is 6.54 Å². The highest BCUT2D eigenvalue weighted by Crippen LogP contribution is 2.26. The highest BCUT2D eigenvalue weighted by molar-refractivity contribution is 5.85. The van der Waals surface area contributed by atoms with E-state index in [1.165, 1.54) is 18.6 Å². The Morgan fingerprint density at radius 2 is 1.95 bits per heavy atom. The van der Waals surface area contributed by atoms with E-state index in [4.69, 9.17) is 5.73 Å². The molecule has 0 radical (unpaired) electrons. The molecule has 6 heteroatoms. The second-order valence-electron chi connectivity index (χ2n) is 5.70. The number of carbonyl (C=O) groups excluding carboxylic acids is 1. The number of hydrogen-bond acceptors (Lipinski definition) is 2. The average Bonchev–Trinajstić information content (AvgIpc) is 2.50. The minimum Gasteiger partial charge on any atom is -0.352 e. The molecule has 2 rings (SSSR count). The van der Waals surface area contributed by atoms with Crippen LogP contribution in [-0.4, -0.2) is 18.5 Å². The fourth-order valence-electron chi connectivity index (χ4n) is 3.02. The summed E-state index contributed by atoms with van der Waals surface area (Å²) >= 11 is 0. The van der Waals surface area contributed by atoms with Crippen LogP contribution in [0.4, 0.5) is 8.78 Å². The first-order chi connectivity index (χ1) is 10.1. The minimum atomic E-state index is -0.949. The molecule has 1 aromatic rings. The predicted octanol–water partition coefficient (Wildman–Crippen LogP) is 2.95. The Labute approximate surface area is 136 Å². The van der Waals surface area contributed by atoms with Crippen molar-refractivity contribution in [3.8, 4) is 0 Å². The van der Waals surface area contributed by atoms with E-state index in [2.05, 4.69) is 5.32 Å². The molecule has 1 aliphatic rings. The van der Waals surface area contributed by atoms with E-state index in [0.717, 1.165) is 31.7 Å². The Kier molecular flexibility index (Phi) is 7.76. The smallest absolute Gasteiger partial charge is 0.224 e. The van der Waals surface area contributed by atoms with Crippen LogP contribution in [0, 0.1) is 17.6 Å². The molecule has 0 saturated heterocycles. The van der Waals surface area contributed by atoms with Crippen molar-refractivity contribution in [3.63, 3.8) is 0 Å². The van der Waals surface area contributed by atoms with Gasteiger partial charge in [0.1, 0.15) is 0 Å². The van der Waals surface area contributed by atoms with Crippen LogP contribution in [0.1, 0.15) is 37.7 Å². The Bertz CT molecular complexity index is 493. The highest BCUT2D eigenvalue weighted by atomic mass is 35.5. The third kappa shape index (κ3) is 4.92. The molecule has 1 saturated carbocycles. The maximum atomic E-state index is 13.6. The largest absolute Gasteiger partial charge is 0.352 e. The summed E-state index contributed by atoms with van der Waals surface area (Å²) in [4.78, 5) is 12.0. The standard InChI is InChI=1S/C16H22F2N2O.ClH/c17-13-8-4-7-12(16(13)18)9-15(21)20-14(10-19)11-5-2-1-3-6-11;/h4,7-8,11,14H,1-3,5-6,9-10,19H2,(H,20,21);1H. The van der Waals surface area contributed by atoms with Gasteiger partial charge in [-0.15, -0.1) is 12.4 Å². The molecule has 0 spiro atoms. The van der Waals surface area contributed by atoms with Crippen LogP contribution >= 0.6 is 12.4 Å². The number of halogens is 3. The van der Waals surface area contributed by atoms with Gasteiger partial charge in [0.15, 0.2) is 11.6 Å². The van der Waals surface area contributed by atoms with Gasteiger partial charge >= 0.3 is 0 Å². The quantitative estimate of drug-likeness (QED) is 0.871. The molecule has 0 heterocycles. The van der Waals surface area contributed by atoms with E-state index >= 15 is 0 Å². The number of benzene rings is 1. The summed E-state index contributed by atoms with van der Waals surface area (Å²) < 4.78 is 26.7. The van der Waals surface area contributed by atoms with Crippen LogP contribution < -0.4 is 11.1 Å². The third-order valence-corrected chi connectivity index (χ3v) is 4.20. The summed E-state index contributed by atoms with van der Waals surface area (Å²) in [7, 11) is 0. The van der Waals surface area contributed by atoms with Crippen molar-refractivity contribution in [1.29, 1.82) is 0 Å². The fourth-order valence-corrected chi connectivity index (χ4v) is 3.02. The Balaban J connectivity index is 0.00000242. The topological polar surface area (TPSA) is 55.1 Å². The molecule has 1 fully saturated rings. The lowest BCUT2D eigenvalue weighted by Gasteiger charge is -2.30. The van der Waals surface area contributed by atoms with E-state index in [1.54, 1.807) is 0 Å². The first-order valence-corrected chi connectivity index (χ1v) is 7.54. The summed E-state index contributed by atoms with van der Waals surface area (Å²) in [6.07, 6.45) is 5.53. The molecule has 1 atom stereocenters. The van der Waals surface area contributed by atoms with Gasteiger partial charge in [0.25, 0.3) is 0 Å². The number of nitrogens with two attached hydrogens (primary N) is 1. The summed E-state index contributed by atoms with van der Waals surface area (Å²) in [5, 5.41) is 2.88. The molecule has 1 unspecified atom stereocenters. The maximum absolute atomic E-state index is 13.6. The van der Waals surface area contributed by atoms with Gasteiger partial charge in [-0.3, -0.25) is 4.79 Å². The molecule has 1 aliphatic carbocycles. The van der Waals surface area contributed by atoms with Crippen molar-refractivity contribution in [1.82, 2.24) is 5.32 Å². The molecule has 3 nitrogen and oxygen atoms in total. The van der Waals surface area contributed by atoms with E-state index in [1.807, 2.05) is 0 Å². The van der Waals surface area contributed by atoms with Crippen molar-refractivity contribution in [2.45, 2.75) is 44.6 Å². The lowest BCUT2D eigenvalue weighted by Crippen LogP contribution is -2.46. The van der Waals surface area contributed by atoms with E-state index < -0.39 is 11.6 Å². The number of carbonyl (C=O) groups is 1. The molecule has 1 amide bonds. The summed E-state index contributed by atoms with van der Waals surface area (Å²) in [5.41, 5.74) is 5.83. The first kappa shape index (κ1) is 18.8. The summed E-state index contributed by atoms with van der Waals surface area (Å²) in [6, 6.07) is 3.80. The van der Waals surface area contributed by atoms with Crippen molar-refractivity contribution >= 4 is 18.3 Å². The van der Waals surface area contributed by atoms with Gasteiger partial charge in [0.05, 0.1) is 6.42 Å². The summed E-state index contributed by atoms with van der Waals surface area (Å²) in [6.45, 7) is 0.377. The zero-order valence-electron chi connectivity index (χ0n) is 12.5. The third-order valence-electron chi connectivity index (χ3n) is 4.20. The van der Waals surface area contributed by atoms with Crippen LogP contribution in [0.25, 0.3) is 0 Å². The van der Waals surface area contributed by atoms with Crippen molar-refractivity contribution in [3.05, 3.63) is 35.4 Å². The van der Waals surface area contributed by atoms with E-state index in [-0.39, 0.29) is 36.3 Å². The summed E-state index contributed by atoms with van der Waals surface area (Å²) in [5.74, 6) is -1.79. The van der Waals surface area contributed by atoms with Crippen molar-refractivity contribution < 1.29 is 13.6 Å². The first-order valence-electron chi connectivity index (χ1n) is 7.54. The number of hydrogen-bond donors (Lipinski definition) is 2. The van der Waals surface area contributed by atoms with Crippen LogP contribution in [0.2, 0.25) is 0 Å². The molecule has 22 heavy (non-hydrogen) atoms. The lowest BCUT2D eigenvalue weighted by molar-refractivity contribution is -0.121. The Morgan fingerprint density at radius 3 is 2.59 bits per heavy atom. The maximum Gasteiger partial charge on any atom is 0.224 e. The zero-order valence-corrected chi connectivity index (χ0v) is 13.3. The SMILES string of the molecule is Cl.NCC(NC(=O)Cc1cccc(F)c1F)C1CCCCC1. The van der Waals surface area contributed by atoms with Crippen LogP contribution in [0.15, 0.2) is 18.2 Å². The number of amides is 1. The molecular weight excluding hydrogens is 310 g/mol. The fraction of sp³-hybridized carbons (Fsp3) is 0.562. The second-order valence-corrected chi connectivity index (χ2v) is 5.70. The monoisotopic (exact) mass is 332 g/mol. The van der Waals surface area contributed by atoms with Crippen LogP contribution in [0.3, 0.4) is 0 Å². The van der Waals surface area contributed by atoms with E-state index in [0.29, 0.717) is 12.5 Å². The van der Waals surface area contributed by atoms with Crippen molar-refractivity contribution in [2.24, 2.45) is 11.7 Å². The number of nitrogens with one attached hydrogen (secondary N) is 1. The van der Waals surface area contributed by atoms with Crippen LogP contribution in [0.5, 0.6) is 0 Å². The molecule has 1 aromatic carbocycles. The minimum absolute atomic E-state index is 0. The second kappa shape index (κ2) is 9.06. The van der Waals surface area contributed by atoms with Crippen LogP contribution in [-0.2, 0) is 11.2 Å². The van der Waals surface area contributed by atoms with Gasteiger partial charge < -0.3 is 11.1 Å². The molecule has 0 aliphatic heterocycles. The predicted molar refractivity (Wildman–Crippen MR) is 84.9 cm³/mol. The molecule has 3 N–H and O–H groups in total. The molecule has 0 aromatic heterocycles.